The Hall–Kier alpha value is -1.79. The topological polar surface area (TPSA) is 79.0 Å². The first-order chi connectivity index (χ1) is 9.67. The molecule has 1 saturated heterocycles. The maximum Gasteiger partial charge on any atom is 0.340 e. The number of rotatable bonds is 4. The number of nitrogens with zero attached hydrogens (tertiary/aromatic N) is 2. The second kappa shape index (κ2) is 6.58. The Bertz CT molecular complexity index is 471. The van der Waals surface area contributed by atoms with Gasteiger partial charge in [-0.15, -0.1) is 0 Å². The van der Waals surface area contributed by atoms with Gasteiger partial charge in [0.25, 0.3) is 0 Å². The summed E-state index contributed by atoms with van der Waals surface area (Å²) >= 11 is 0. The molecule has 6 nitrogen and oxygen atoms in total. The van der Waals surface area contributed by atoms with Gasteiger partial charge in [0.1, 0.15) is 0 Å². The van der Waals surface area contributed by atoms with Gasteiger partial charge in [0, 0.05) is 32.7 Å². The van der Waals surface area contributed by atoms with E-state index in [9.17, 15) is 4.79 Å². The number of anilines is 2. The van der Waals surface area contributed by atoms with Crippen molar-refractivity contribution < 1.29 is 14.6 Å². The lowest BCUT2D eigenvalue weighted by atomic mass is 10.1. The number of para-hydroxylation sites is 1. The summed E-state index contributed by atoms with van der Waals surface area (Å²) in [5, 5.41) is 8.94. The molecule has 20 heavy (non-hydrogen) atoms. The number of β-amino-alcohol motifs (C(OH)–C–C–N with tert-alkyl or cyclic N) is 1. The molecule has 0 aliphatic carbocycles. The van der Waals surface area contributed by atoms with Crippen LogP contribution in [0.4, 0.5) is 11.4 Å². The van der Waals surface area contributed by atoms with Crippen LogP contribution in [0.2, 0.25) is 0 Å². The van der Waals surface area contributed by atoms with Crippen molar-refractivity contribution >= 4 is 17.3 Å². The Kier molecular flexibility index (Phi) is 4.81. The first-order valence-electron chi connectivity index (χ1n) is 6.72. The average molecular weight is 279 g/mol. The summed E-state index contributed by atoms with van der Waals surface area (Å²) in [6.07, 6.45) is 0. The number of carbonyl (C=O) groups is 1. The molecule has 3 N–H and O–H groups in total. The first-order valence-corrected chi connectivity index (χ1v) is 6.72. The molecule has 0 spiro atoms. The van der Waals surface area contributed by atoms with Gasteiger partial charge in [-0.2, -0.15) is 0 Å². The molecule has 0 bridgehead atoms. The third-order valence-electron chi connectivity index (χ3n) is 3.62. The highest BCUT2D eigenvalue weighted by atomic mass is 16.5. The normalized spacial score (nSPS) is 16.2. The fourth-order valence-electron chi connectivity index (χ4n) is 2.47. The van der Waals surface area contributed by atoms with Gasteiger partial charge in [-0.25, -0.2) is 4.79 Å². The van der Waals surface area contributed by atoms with Crippen molar-refractivity contribution in [3.63, 3.8) is 0 Å². The lowest BCUT2D eigenvalue weighted by Crippen LogP contribution is -2.47. The largest absolute Gasteiger partial charge is 0.465 e. The lowest BCUT2D eigenvalue weighted by molar-refractivity contribution is 0.0602. The molecule has 6 heteroatoms. The quantitative estimate of drug-likeness (QED) is 0.604. The second-order valence-electron chi connectivity index (χ2n) is 4.78. The molecule has 0 aromatic heterocycles. The molecule has 1 aromatic carbocycles. The smallest absolute Gasteiger partial charge is 0.340 e. The minimum atomic E-state index is -0.414. The summed E-state index contributed by atoms with van der Waals surface area (Å²) in [5.74, 6) is -0.414. The highest BCUT2D eigenvalue weighted by molar-refractivity contribution is 5.98. The SMILES string of the molecule is COC(=O)c1cccc(N2CCN(CCO)CC2)c1N. The Balaban J connectivity index is 2.12. The molecule has 2 rings (SSSR count). The number of methoxy groups -OCH3 is 1. The van der Waals surface area contributed by atoms with Crippen molar-refractivity contribution in [2.75, 3.05) is 57.1 Å². The van der Waals surface area contributed by atoms with Crippen LogP contribution in [0.25, 0.3) is 0 Å². The summed E-state index contributed by atoms with van der Waals surface area (Å²) in [4.78, 5) is 16.0. The summed E-state index contributed by atoms with van der Waals surface area (Å²) < 4.78 is 4.73. The van der Waals surface area contributed by atoms with Crippen molar-refractivity contribution in [3.05, 3.63) is 23.8 Å². The van der Waals surface area contributed by atoms with E-state index in [1.54, 1.807) is 6.07 Å². The highest BCUT2D eigenvalue weighted by Gasteiger charge is 2.21. The zero-order chi connectivity index (χ0) is 14.5. The van der Waals surface area contributed by atoms with Crippen molar-refractivity contribution in [1.82, 2.24) is 4.90 Å². The van der Waals surface area contributed by atoms with Gasteiger partial charge < -0.3 is 20.5 Å². The van der Waals surface area contributed by atoms with E-state index in [2.05, 4.69) is 9.80 Å². The van der Waals surface area contributed by atoms with Crippen LogP contribution in [0.3, 0.4) is 0 Å². The van der Waals surface area contributed by atoms with Gasteiger partial charge in [-0.1, -0.05) is 6.07 Å². The van der Waals surface area contributed by atoms with Gasteiger partial charge in [0.2, 0.25) is 0 Å². The number of esters is 1. The zero-order valence-electron chi connectivity index (χ0n) is 11.7. The zero-order valence-corrected chi connectivity index (χ0v) is 11.7. The number of nitrogen functional groups attached to an aromatic ring is 1. The fraction of sp³-hybridized carbons (Fsp3) is 0.500. The van der Waals surface area contributed by atoms with Gasteiger partial charge >= 0.3 is 5.97 Å². The molecule has 0 amide bonds. The minimum absolute atomic E-state index is 0.181. The molecule has 1 heterocycles. The van der Waals surface area contributed by atoms with Gasteiger partial charge in [-0.3, -0.25) is 4.90 Å². The average Bonchev–Trinajstić information content (AvgIpc) is 2.48. The second-order valence-corrected chi connectivity index (χ2v) is 4.78. The van der Waals surface area contributed by atoms with E-state index in [1.807, 2.05) is 12.1 Å². The minimum Gasteiger partial charge on any atom is -0.465 e. The van der Waals surface area contributed by atoms with Crippen LogP contribution < -0.4 is 10.6 Å². The van der Waals surface area contributed by atoms with E-state index in [0.717, 1.165) is 31.9 Å². The van der Waals surface area contributed by atoms with Crippen molar-refractivity contribution in [1.29, 1.82) is 0 Å². The summed E-state index contributed by atoms with van der Waals surface area (Å²) in [5.41, 5.74) is 7.83. The number of carbonyl (C=O) groups excluding carboxylic acids is 1. The maximum atomic E-state index is 11.6. The van der Waals surface area contributed by atoms with Crippen LogP contribution in [0.5, 0.6) is 0 Å². The van der Waals surface area contributed by atoms with Crippen molar-refractivity contribution in [3.8, 4) is 0 Å². The predicted octanol–water partition coefficient (Wildman–Crippen LogP) is 0.170. The number of hydrogen-bond acceptors (Lipinski definition) is 6. The van der Waals surface area contributed by atoms with Crippen molar-refractivity contribution in [2.45, 2.75) is 0 Å². The van der Waals surface area contributed by atoms with Crippen LogP contribution in [-0.2, 0) is 4.74 Å². The fourth-order valence-corrected chi connectivity index (χ4v) is 2.47. The number of ether oxygens (including phenoxy) is 1. The van der Waals surface area contributed by atoms with E-state index < -0.39 is 5.97 Å². The standard InChI is InChI=1S/C14H21N3O3/c1-20-14(19)11-3-2-4-12(13(11)15)17-7-5-16(6-8-17)9-10-18/h2-4,18H,5-10,15H2,1H3. The Morgan fingerprint density at radius 1 is 1.35 bits per heavy atom. The molecular weight excluding hydrogens is 258 g/mol. The molecular formula is C14H21N3O3. The summed E-state index contributed by atoms with van der Waals surface area (Å²) in [7, 11) is 1.35. The van der Waals surface area contributed by atoms with Crippen molar-refractivity contribution in [2.24, 2.45) is 0 Å². The van der Waals surface area contributed by atoms with Gasteiger partial charge in [0.05, 0.1) is 30.7 Å². The van der Waals surface area contributed by atoms with Gasteiger partial charge in [-0.05, 0) is 12.1 Å². The molecule has 1 fully saturated rings. The Morgan fingerprint density at radius 3 is 2.65 bits per heavy atom. The molecule has 110 valence electrons. The monoisotopic (exact) mass is 279 g/mol. The van der Waals surface area contributed by atoms with Crippen LogP contribution in [0, 0.1) is 0 Å². The molecule has 0 saturated carbocycles. The first kappa shape index (κ1) is 14.6. The summed E-state index contributed by atoms with van der Waals surface area (Å²) in [6.45, 7) is 4.29. The predicted molar refractivity (Wildman–Crippen MR) is 77.9 cm³/mol. The van der Waals surface area contributed by atoms with Crippen LogP contribution in [-0.4, -0.2) is 62.4 Å². The third kappa shape index (κ3) is 3.02. The molecule has 1 aliphatic heterocycles. The molecule has 1 aliphatic rings. The van der Waals surface area contributed by atoms with Crippen LogP contribution in [0.15, 0.2) is 18.2 Å². The van der Waals surface area contributed by atoms with Crippen LogP contribution >= 0.6 is 0 Å². The maximum absolute atomic E-state index is 11.6. The number of benzene rings is 1. The molecule has 1 aromatic rings. The van der Waals surface area contributed by atoms with Gasteiger partial charge in [0.15, 0.2) is 0 Å². The van der Waals surface area contributed by atoms with E-state index >= 15 is 0 Å². The number of piperazine rings is 1. The molecule has 0 radical (unpaired) electrons. The Morgan fingerprint density at radius 2 is 2.05 bits per heavy atom. The third-order valence-corrected chi connectivity index (χ3v) is 3.62. The number of aliphatic hydroxyl groups excluding tert-OH is 1. The number of nitrogens with two attached hydrogens (primary N) is 1. The van der Waals surface area contributed by atoms with E-state index in [0.29, 0.717) is 17.8 Å². The van der Waals surface area contributed by atoms with E-state index in [-0.39, 0.29) is 6.61 Å². The highest BCUT2D eigenvalue weighted by Crippen LogP contribution is 2.28. The van der Waals surface area contributed by atoms with E-state index in [4.69, 9.17) is 15.6 Å². The summed E-state index contributed by atoms with van der Waals surface area (Å²) in [6, 6.07) is 5.41. The van der Waals surface area contributed by atoms with E-state index in [1.165, 1.54) is 7.11 Å². The lowest BCUT2D eigenvalue weighted by Gasteiger charge is -2.36. The van der Waals surface area contributed by atoms with Crippen LogP contribution in [0.1, 0.15) is 10.4 Å². The number of hydrogen-bond donors (Lipinski definition) is 2. The molecule has 0 unspecified atom stereocenters. The Labute approximate surface area is 118 Å². The molecule has 0 atom stereocenters. The number of aliphatic hydroxyl groups is 1.